The van der Waals surface area contributed by atoms with E-state index < -0.39 is 18.2 Å². The minimum absolute atomic E-state index is 0.0877. The van der Waals surface area contributed by atoms with E-state index in [4.69, 9.17) is 4.74 Å². The zero-order valence-corrected chi connectivity index (χ0v) is 22.5. The van der Waals surface area contributed by atoms with Crippen LogP contribution in [0.4, 0.5) is 0 Å². The van der Waals surface area contributed by atoms with Gasteiger partial charge in [-0.15, -0.1) is 0 Å². The van der Waals surface area contributed by atoms with Gasteiger partial charge < -0.3 is 29.4 Å². The smallest absolute Gasteiger partial charge is 0.336 e. The zero-order chi connectivity index (χ0) is 26.0. The molecule has 1 spiro atoms. The van der Waals surface area contributed by atoms with Gasteiger partial charge in [-0.3, -0.25) is 0 Å². The van der Waals surface area contributed by atoms with Crippen LogP contribution < -0.4 is 4.74 Å². The number of likely N-dealkylation sites (N-methyl/N-ethyl adjacent to an activating group) is 1. The lowest BCUT2D eigenvalue weighted by molar-refractivity contribution is -0.0454. The molecule has 3 N–H and O–H groups in total. The molecule has 2 aromatic heterocycles. The van der Waals surface area contributed by atoms with E-state index in [0.29, 0.717) is 11.3 Å². The van der Waals surface area contributed by atoms with Crippen molar-refractivity contribution in [1.82, 2.24) is 9.30 Å². The van der Waals surface area contributed by atoms with Gasteiger partial charge in [-0.1, -0.05) is 19.1 Å². The Morgan fingerprint density at radius 3 is 2.81 bits per heavy atom. The fraction of sp³-hybridized carbons (Fsp3) is 0.414. The van der Waals surface area contributed by atoms with Gasteiger partial charge in [-0.25, -0.2) is 4.79 Å². The lowest BCUT2D eigenvalue weighted by Crippen LogP contribution is -2.64. The summed E-state index contributed by atoms with van der Waals surface area (Å²) >= 11 is 3.56. The van der Waals surface area contributed by atoms with Gasteiger partial charge in [-0.05, 0) is 84.2 Å². The monoisotopic (exact) mass is 564 g/mol. The molecule has 1 fully saturated rings. The largest absolute Gasteiger partial charge is 0.504 e. The number of phenols is 1. The summed E-state index contributed by atoms with van der Waals surface area (Å²) in [5.41, 5.74) is 5.48. The molecule has 7 rings (SSSR count). The van der Waals surface area contributed by atoms with E-state index in [1.165, 1.54) is 0 Å². The molecule has 6 atom stereocenters. The quantitative estimate of drug-likeness (QED) is 0.409. The number of hydrogen-bond donors (Lipinski definition) is 3. The second kappa shape index (κ2) is 7.62. The summed E-state index contributed by atoms with van der Waals surface area (Å²) < 4.78 is 9.31. The van der Waals surface area contributed by atoms with E-state index >= 15 is 0 Å². The number of phenolic OH excluding ortho intramolecular Hbond substituents is 1. The van der Waals surface area contributed by atoms with Crippen LogP contribution in [0.3, 0.4) is 0 Å². The summed E-state index contributed by atoms with van der Waals surface area (Å²) in [4.78, 5) is 14.6. The minimum atomic E-state index is -0.957. The number of ether oxygens (including phenoxy) is 1. The second-order valence-electron chi connectivity index (χ2n) is 11.2. The van der Waals surface area contributed by atoms with E-state index in [0.717, 1.165) is 51.8 Å². The Kier molecular flexibility index (Phi) is 4.80. The van der Waals surface area contributed by atoms with Gasteiger partial charge in [-0.2, -0.15) is 0 Å². The molecule has 1 unspecified atom stereocenters. The summed E-state index contributed by atoms with van der Waals surface area (Å²) in [5.74, 6) is -0.362. The number of carbonyl (C=O) groups is 1. The second-order valence-corrected chi connectivity index (χ2v) is 12.1. The van der Waals surface area contributed by atoms with Gasteiger partial charge >= 0.3 is 5.97 Å². The van der Waals surface area contributed by atoms with Crippen molar-refractivity contribution in [1.29, 1.82) is 0 Å². The van der Waals surface area contributed by atoms with Crippen molar-refractivity contribution in [3.63, 3.8) is 0 Å². The Balaban J connectivity index is 1.50. The molecule has 8 heteroatoms. The first-order chi connectivity index (χ1) is 17.6. The highest BCUT2D eigenvalue weighted by Crippen LogP contribution is 2.63. The lowest BCUT2D eigenvalue weighted by Gasteiger charge is -2.56. The number of aliphatic hydroxyl groups is 1. The van der Waals surface area contributed by atoms with Crippen molar-refractivity contribution in [2.24, 2.45) is 5.92 Å². The topological polar surface area (TPSA) is 94.6 Å². The number of aromatic hydroxyl groups is 1. The molecule has 2 aliphatic heterocycles. The maximum atomic E-state index is 12.2. The van der Waals surface area contributed by atoms with E-state index in [9.17, 15) is 20.1 Å². The Morgan fingerprint density at radius 2 is 2.05 bits per heavy atom. The number of rotatable bonds is 3. The van der Waals surface area contributed by atoms with Crippen LogP contribution in [0.1, 0.15) is 57.6 Å². The van der Waals surface area contributed by atoms with E-state index in [2.05, 4.69) is 45.3 Å². The Hall–Kier alpha value is -2.81. The number of benzene rings is 1. The highest BCUT2D eigenvalue weighted by Gasteiger charge is 2.64. The number of aromatic nitrogens is 1. The van der Waals surface area contributed by atoms with Crippen LogP contribution in [-0.2, 0) is 11.8 Å². The van der Waals surface area contributed by atoms with Crippen LogP contribution in [0.15, 0.2) is 41.0 Å². The van der Waals surface area contributed by atoms with Crippen molar-refractivity contribution >= 4 is 27.4 Å². The predicted molar refractivity (Wildman–Crippen MR) is 142 cm³/mol. The van der Waals surface area contributed by atoms with E-state index in [-0.39, 0.29) is 34.6 Å². The number of piperidine rings is 1. The molecule has 192 valence electrons. The third kappa shape index (κ3) is 2.86. The first kappa shape index (κ1) is 23.3. The molecular formula is C29H29BrN2O5. The lowest BCUT2D eigenvalue weighted by atomic mass is 9.52. The molecule has 1 saturated heterocycles. The number of nitrogens with zero attached hydrogens (tertiary/aromatic N) is 2. The zero-order valence-electron chi connectivity index (χ0n) is 20.9. The summed E-state index contributed by atoms with van der Waals surface area (Å²) in [6.45, 7) is 4.85. The van der Waals surface area contributed by atoms with Crippen LogP contribution in [-0.4, -0.2) is 62.4 Å². The average Bonchev–Trinajstić information content (AvgIpc) is 3.40. The molecule has 2 bridgehead atoms. The van der Waals surface area contributed by atoms with Gasteiger partial charge in [0.25, 0.3) is 0 Å². The Labute approximate surface area is 223 Å². The van der Waals surface area contributed by atoms with Crippen LogP contribution in [0.2, 0.25) is 0 Å². The first-order valence-corrected chi connectivity index (χ1v) is 13.6. The molecule has 3 aromatic rings. The van der Waals surface area contributed by atoms with Crippen LogP contribution in [0.25, 0.3) is 5.52 Å². The number of aromatic carboxylic acids is 1. The molecule has 0 saturated carbocycles. The Bertz CT molecular complexity index is 1540. The fourth-order valence-electron chi connectivity index (χ4n) is 7.98. The molecule has 37 heavy (non-hydrogen) atoms. The molecular weight excluding hydrogens is 536 g/mol. The number of aliphatic hydroxyl groups excluding tert-OH is 1. The van der Waals surface area contributed by atoms with Gasteiger partial charge in [0.1, 0.15) is 12.2 Å². The standard InChI is InChI=1S/C29H29BrN2O5/c1-13(25-14(2)18(28(35)36)9-16-8-15(30)12-32(16)25)17-11-23(34)26-24-19(17)10-21-20-4-5-22(33)27(37-26)29(20,24)6-7-31(21)3/h4-5,8-9,11-13,20-22,27,33-34H,6-7,10H2,1-3H3,(H,35,36)/t13?,20-,21+,22-,27-,29-/m0/s1. The van der Waals surface area contributed by atoms with Gasteiger partial charge in [0, 0.05) is 50.7 Å². The fourth-order valence-corrected chi connectivity index (χ4v) is 8.42. The number of carboxylic acids is 1. The summed E-state index contributed by atoms with van der Waals surface area (Å²) in [6.07, 6.45) is 6.49. The molecule has 4 aliphatic rings. The third-order valence-corrected chi connectivity index (χ3v) is 10.0. The van der Waals surface area contributed by atoms with Crippen molar-refractivity contribution in [3.8, 4) is 11.5 Å². The average molecular weight is 565 g/mol. The van der Waals surface area contributed by atoms with Crippen LogP contribution in [0, 0.1) is 12.8 Å². The minimum Gasteiger partial charge on any atom is -0.504 e. The number of likely N-dealkylation sites (tertiary alicyclic amines) is 1. The Morgan fingerprint density at radius 1 is 1.27 bits per heavy atom. The SMILES string of the molecule is Cc1c(C(=O)O)cc2cc(Br)cn2c1C(C)c1cc(O)c2c3c1C[C@@H]1[C@@H]4C=C[C@H](O)[C@H](O2)[C@]34CCN1C. The number of pyridine rings is 1. The molecule has 4 heterocycles. The van der Waals surface area contributed by atoms with Crippen molar-refractivity contribution in [3.05, 3.63) is 74.5 Å². The molecule has 1 aromatic carbocycles. The summed E-state index contributed by atoms with van der Waals surface area (Å²) in [5, 5.41) is 32.2. The number of hydrogen-bond acceptors (Lipinski definition) is 5. The van der Waals surface area contributed by atoms with Gasteiger partial charge in [0.2, 0.25) is 0 Å². The molecule has 7 nitrogen and oxygen atoms in total. The van der Waals surface area contributed by atoms with Crippen LogP contribution in [0.5, 0.6) is 11.5 Å². The normalized spacial score (nSPS) is 30.3. The summed E-state index contributed by atoms with van der Waals surface area (Å²) in [6, 6.07) is 5.69. The van der Waals surface area contributed by atoms with Crippen LogP contribution >= 0.6 is 15.9 Å². The van der Waals surface area contributed by atoms with E-state index in [1.807, 2.05) is 25.3 Å². The van der Waals surface area contributed by atoms with Crippen molar-refractivity contribution in [2.45, 2.75) is 56.3 Å². The van der Waals surface area contributed by atoms with Crippen molar-refractivity contribution < 1.29 is 24.9 Å². The molecule has 0 amide bonds. The third-order valence-electron chi connectivity index (χ3n) is 9.58. The van der Waals surface area contributed by atoms with E-state index in [1.54, 1.807) is 12.1 Å². The summed E-state index contributed by atoms with van der Waals surface area (Å²) in [7, 11) is 2.16. The molecule has 2 aliphatic carbocycles. The molecule has 0 radical (unpaired) electrons. The maximum Gasteiger partial charge on any atom is 0.336 e. The highest BCUT2D eigenvalue weighted by atomic mass is 79.9. The van der Waals surface area contributed by atoms with Gasteiger partial charge in [0.05, 0.1) is 5.56 Å². The number of carboxylic acid groups (broad SMARTS) is 1. The first-order valence-electron chi connectivity index (χ1n) is 12.8. The van der Waals surface area contributed by atoms with Crippen molar-refractivity contribution in [2.75, 3.05) is 13.6 Å². The number of fused-ring (bicyclic) bond motifs is 1. The number of halogens is 1. The van der Waals surface area contributed by atoms with Gasteiger partial charge in [0.15, 0.2) is 11.5 Å². The highest BCUT2D eigenvalue weighted by molar-refractivity contribution is 9.10. The predicted octanol–water partition coefficient (Wildman–Crippen LogP) is 4.37. The maximum absolute atomic E-state index is 12.2.